The summed E-state index contributed by atoms with van der Waals surface area (Å²) in [5, 5.41) is 12.3. The maximum absolute atomic E-state index is 12.1. The zero-order chi connectivity index (χ0) is 14.4. The van der Waals surface area contributed by atoms with Gasteiger partial charge in [0.25, 0.3) is 0 Å². The second-order valence-electron chi connectivity index (χ2n) is 5.21. The fourth-order valence-electron chi connectivity index (χ4n) is 2.40. The van der Waals surface area contributed by atoms with Crippen molar-refractivity contribution in [1.82, 2.24) is 0 Å². The molecular weight excluding hydrogens is 334 g/mol. The van der Waals surface area contributed by atoms with Gasteiger partial charge in [-0.05, 0) is 33.5 Å². The first-order chi connectivity index (χ1) is 8.76. The predicted octanol–water partition coefficient (Wildman–Crippen LogP) is 3.40. The summed E-state index contributed by atoms with van der Waals surface area (Å²) in [6.07, 6.45) is 0. The monoisotopic (exact) mass is 345 g/mol. The van der Waals surface area contributed by atoms with E-state index in [1.54, 1.807) is 32.0 Å². The molecule has 1 aliphatic rings. The predicted molar refractivity (Wildman–Crippen MR) is 76.2 cm³/mol. The molecule has 0 spiro atoms. The Morgan fingerprint density at radius 1 is 1.37 bits per heavy atom. The standard InChI is InChI=1S/C13H13BrClNO3/c1-13(2)8(9(13)12(18)19)11(17)16-7-5-3-4-6(15)10(7)14/h3-5,8-9H,1-2H3,(H,16,17)(H,18,19). The third-order valence-corrected chi connectivity index (χ3v) is 4.98. The van der Waals surface area contributed by atoms with E-state index < -0.39 is 23.2 Å². The van der Waals surface area contributed by atoms with Crippen molar-refractivity contribution in [3.8, 4) is 0 Å². The smallest absolute Gasteiger partial charge is 0.307 e. The number of hydrogen-bond donors (Lipinski definition) is 2. The maximum Gasteiger partial charge on any atom is 0.307 e. The zero-order valence-corrected chi connectivity index (χ0v) is 12.7. The minimum Gasteiger partial charge on any atom is -0.481 e. The van der Waals surface area contributed by atoms with Crippen LogP contribution in [0, 0.1) is 17.3 Å². The summed E-state index contributed by atoms with van der Waals surface area (Å²) in [5.74, 6) is -2.38. The van der Waals surface area contributed by atoms with E-state index in [0.29, 0.717) is 15.2 Å². The number of amides is 1. The summed E-state index contributed by atoms with van der Waals surface area (Å²) < 4.78 is 0.593. The highest BCUT2D eigenvalue weighted by Gasteiger charge is 2.65. The van der Waals surface area contributed by atoms with E-state index in [1.165, 1.54) is 0 Å². The average Bonchev–Trinajstić information content (AvgIpc) is 2.88. The van der Waals surface area contributed by atoms with Gasteiger partial charge in [-0.3, -0.25) is 9.59 Å². The van der Waals surface area contributed by atoms with Crippen LogP contribution in [-0.2, 0) is 9.59 Å². The van der Waals surface area contributed by atoms with E-state index in [9.17, 15) is 9.59 Å². The van der Waals surface area contributed by atoms with Crippen LogP contribution < -0.4 is 5.32 Å². The Morgan fingerprint density at radius 2 is 2.00 bits per heavy atom. The lowest BCUT2D eigenvalue weighted by Crippen LogP contribution is -2.18. The second-order valence-corrected chi connectivity index (χ2v) is 6.41. The first kappa shape index (κ1) is 14.3. The van der Waals surface area contributed by atoms with E-state index in [1.807, 2.05) is 0 Å². The van der Waals surface area contributed by atoms with Crippen LogP contribution in [0.1, 0.15) is 13.8 Å². The fraction of sp³-hybridized carbons (Fsp3) is 0.385. The molecule has 2 rings (SSSR count). The van der Waals surface area contributed by atoms with Crippen molar-refractivity contribution in [2.45, 2.75) is 13.8 Å². The fourth-order valence-corrected chi connectivity index (χ4v) is 2.94. The molecule has 1 aromatic carbocycles. The molecule has 0 bridgehead atoms. The molecular formula is C13H13BrClNO3. The minimum atomic E-state index is -0.935. The van der Waals surface area contributed by atoms with Gasteiger partial charge in [0.15, 0.2) is 0 Å². The lowest BCUT2D eigenvalue weighted by molar-refractivity contribution is -0.140. The second kappa shape index (κ2) is 4.80. The van der Waals surface area contributed by atoms with Crippen LogP contribution in [0.3, 0.4) is 0 Å². The lowest BCUT2D eigenvalue weighted by atomic mass is 10.1. The Labute approximate surface area is 124 Å². The summed E-state index contributed by atoms with van der Waals surface area (Å²) in [6, 6.07) is 5.12. The lowest BCUT2D eigenvalue weighted by Gasteiger charge is -2.09. The van der Waals surface area contributed by atoms with Crippen LogP contribution in [-0.4, -0.2) is 17.0 Å². The van der Waals surface area contributed by atoms with Gasteiger partial charge in [0.1, 0.15) is 0 Å². The molecule has 0 aromatic heterocycles. The molecule has 2 N–H and O–H groups in total. The molecule has 0 heterocycles. The number of carboxylic acid groups (broad SMARTS) is 1. The third kappa shape index (κ3) is 2.49. The Morgan fingerprint density at radius 3 is 2.53 bits per heavy atom. The molecule has 6 heteroatoms. The highest BCUT2D eigenvalue weighted by Crippen LogP contribution is 2.58. The quantitative estimate of drug-likeness (QED) is 0.881. The molecule has 1 amide bonds. The van der Waals surface area contributed by atoms with Crippen molar-refractivity contribution in [3.05, 3.63) is 27.7 Å². The van der Waals surface area contributed by atoms with E-state index in [0.717, 1.165) is 0 Å². The number of rotatable bonds is 3. The SMILES string of the molecule is CC1(C)C(C(=O)O)C1C(=O)Nc1cccc(Cl)c1Br. The Balaban J connectivity index is 2.15. The van der Waals surface area contributed by atoms with Crippen LogP contribution >= 0.6 is 27.5 Å². The zero-order valence-electron chi connectivity index (χ0n) is 10.4. The van der Waals surface area contributed by atoms with Gasteiger partial charge in [0.2, 0.25) is 5.91 Å². The number of carboxylic acids is 1. The van der Waals surface area contributed by atoms with Crippen molar-refractivity contribution in [2.75, 3.05) is 5.32 Å². The minimum absolute atomic E-state index is 0.291. The summed E-state index contributed by atoms with van der Waals surface area (Å²) >= 11 is 9.22. The van der Waals surface area contributed by atoms with Crippen LogP contribution in [0.2, 0.25) is 5.02 Å². The third-order valence-electron chi connectivity index (χ3n) is 3.59. The molecule has 0 aliphatic heterocycles. The van der Waals surface area contributed by atoms with Gasteiger partial charge >= 0.3 is 5.97 Å². The highest BCUT2D eigenvalue weighted by atomic mass is 79.9. The maximum atomic E-state index is 12.1. The van der Waals surface area contributed by atoms with Gasteiger partial charge in [0, 0.05) is 0 Å². The molecule has 1 aliphatic carbocycles. The number of carbonyl (C=O) groups is 2. The molecule has 102 valence electrons. The van der Waals surface area contributed by atoms with Crippen molar-refractivity contribution >= 4 is 45.1 Å². The largest absolute Gasteiger partial charge is 0.481 e. The van der Waals surface area contributed by atoms with Gasteiger partial charge < -0.3 is 10.4 Å². The summed E-state index contributed by atoms with van der Waals surface area (Å²) in [6.45, 7) is 3.56. The molecule has 4 nitrogen and oxygen atoms in total. The molecule has 1 fully saturated rings. The van der Waals surface area contributed by atoms with Crippen LogP contribution in [0.25, 0.3) is 0 Å². The van der Waals surface area contributed by atoms with Crippen molar-refractivity contribution in [1.29, 1.82) is 0 Å². The van der Waals surface area contributed by atoms with Crippen LogP contribution in [0.5, 0.6) is 0 Å². The molecule has 1 saturated carbocycles. The van der Waals surface area contributed by atoms with Crippen LogP contribution in [0.15, 0.2) is 22.7 Å². The van der Waals surface area contributed by atoms with E-state index in [4.69, 9.17) is 16.7 Å². The Bertz CT molecular complexity index is 559. The van der Waals surface area contributed by atoms with Crippen molar-refractivity contribution < 1.29 is 14.7 Å². The number of halogens is 2. The molecule has 1 aromatic rings. The molecule has 2 unspecified atom stereocenters. The first-order valence-corrected chi connectivity index (χ1v) is 6.91. The molecule has 0 radical (unpaired) electrons. The van der Waals surface area contributed by atoms with Gasteiger partial charge in [0.05, 0.1) is 27.0 Å². The number of nitrogens with one attached hydrogen (secondary N) is 1. The summed E-state index contributed by atoms with van der Waals surface area (Å²) in [7, 11) is 0. The Kier molecular flexibility index (Phi) is 3.62. The normalized spacial score (nSPS) is 23.8. The van der Waals surface area contributed by atoms with E-state index >= 15 is 0 Å². The van der Waals surface area contributed by atoms with E-state index in [2.05, 4.69) is 21.2 Å². The van der Waals surface area contributed by atoms with Gasteiger partial charge in [-0.1, -0.05) is 31.5 Å². The molecule has 0 saturated heterocycles. The summed E-state index contributed by atoms with van der Waals surface area (Å²) in [5.41, 5.74) is 0.0328. The van der Waals surface area contributed by atoms with Crippen molar-refractivity contribution in [3.63, 3.8) is 0 Å². The topological polar surface area (TPSA) is 66.4 Å². The number of aliphatic carboxylic acids is 1. The van der Waals surface area contributed by atoms with E-state index in [-0.39, 0.29) is 5.91 Å². The summed E-state index contributed by atoms with van der Waals surface area (Å²) in [4.78, 5) is 23.2. The molecule has 19 heavy (non-hydrogen) atoms. The van der Waals surface area contributed by atoms with Gasteiger partial charge in [-0.15, -0.1) is 0 Å². The molecule has 2 atom stereocenters. The first-order valence-electron chi connectivity index (χ1n) is 5.74. The number of hydrogen-bond acceptors (Lipinski definition) is 2. The Hall–Kier alpha value is -1.07. The number of carbonyl (C=O) groups excluding carboxylic acids is 1. The van der Waals surface area contributed by atoms with Crippen molar-refractivity contribution in [2.24, 2.45) is 17.3 Å². The van der Waals surface area contributed by atoms with Crippen LogP contribution in [0.4, 0.5) is 5.69 Å². The highest BCUT2D eigenvalue weighted by molar-refractivity contribution is 9.10. The number of benzene rings is 1. The van der Waals surface area contributed by atoms with Gasteiger partial charge in [-0.2, -0.15) is 0 Å². The average molecular weight is 347 g/mol. The number of anilines is 1. The van der Waals surface area contributed by atoms with Gasteiger partial charge in [-0.25, -0.2) is 0 Å².